The van der Waals surface area contributed by atoms with Gasteiger partial charge in [-0.1, -0.05) is 0 Å². The molecule has 0 aliphatic rings. The summed E-state index contributed by atoms with van der Waals surface area (Å²) in [5.41, 5.74) is 1.50. The van der Waals surface area contributed by atoms with Gasteiger partial charge in [-0.3, -0.25) is 4.79 Å². The van der Waals surface area contributed by atoms with Crippen LogP contribution in [0.4, 0.5) is 0 Å². The van der Waals surface area contributed by atoms with Gasteiger partial charge in [0.05, 0.1) is 12.5 Å². The molecule has 0 radical (unpaired) electrons. The average molecular weight is 247 g/mol. The van der Waals surface area contributed by atoms with Crippen LogP contribution in [0.25, 0.3) is 0 Å². The van der Waals surface area contributed by atoms with E-state index in [4.69, 9.17) is 4.42 Å². The van der Waals surface area contributed by atoms with E-state index < -0.39 is 0 Å². The molecule has 92 valence electrons. The van der Waals surface area contributed by atoms with Crippen LogP contribution in [0.2, 0.25) is 0 Å². The van der Waals surface area contributed by atoms with Crippen LogP contribution in [0.15, 0.2) is 21.7 Å². The Kier molecular flexibility index (Phi) is 6.33. The first-order valence-electron chi connectivity index (χ1n) is 4.88. The molecule has 0 amide bonds. The molecule has 0 N–H and O–H groups in total. The Morgan fingerprint density at radius 1 is 1.00 bits per heavy atom. The van der Waals surface area contributed by atoms with Gasteiger partial charge < -0.3 is 14.2 Å². The number of hydrogen-bond donors (Lipinski definition) is 0. The van der Waals surface area contributed by atoms with Crippen molar-refractivity contribution in [3.05, 3.63) is 33.9 Å². The minimum absolute atomic E-state index is 0. The summed E-state index contributed by atoms with van der Waals surface area (Å²) in [7, 11) is 7.71. The SMILES string of the molecule is CN(C)Cc1cocc(CN(C)C)c1=O.Cl. The first-order chi connectivity index (χ1) is 7.00. The molecule has 5 heteroatoms. The molecule has 0 bridgehead atoms. The zero-order valence-electron chi connectivity index (χ0n) is 10.2. The van der Waals surface area contributed by atoms with E-state index in [1.165, 1.54) is 12.5 Å². The van der Waals surface area contributed by atoms with Gasteiger partial charge in [-0.15, -0.1) is 12.4 Å². The fourth-order valence-electron chi connectivity index (χ4n) is 1.41. The summed E-state index contributed by atoms with van der Waals surface area (Å²) in [6.07, 6.45) is 3.06. The zero-order chi connectivity index (χ0) is 11.4. The van der Waals surface area contributed by atoms with Crippen LogP contribution in [0.1, 0.15) is 11.1 Å². The van der Waals surface area contributed by atoms with Crippen molar-refractivity contribution in [2.24, 2.45) is 0 Å². The van der Waals surface area contributed by atoms with Gasteiger partial charge in [-0.2, -0.15) is 0 Å². The van der Waals surface area contributed by atoms with Crippen molar-refractivity contribution in [3.63, 3.8) is 0 Å². The normalized spacial score (nSPS) is 10.6. The average Bonchev–Trinajstić information content (AvgIpc) is 2.10. The second-order valence-electron chi connectivity index (χ2n) is 4.23. The standard InChI is InChI=1S/C11H18N2O2.ClH/c1-12(2)5-9-7-15-8-10(11(9)14)6-13(3)4;/h7-8H,5-6H2,1-4H3;1H. The highest BCUT2D eigenvalue weighted by Crippen LogP contribution is 2.01. The van der Waals surface area contributed by atoms with Gasteiger partial charge in [-0.05, 0) is 28.2 Å². The third-order valence-electron chi connectivity index (χ3n) is 1.98. The maximum absolute atomic E-state index is 11.9. The van der Waals surface area contributed by atoms with E-state index in [0.717, 1.165) is 0 Å². The predicted octanol–water partition coefficient (Wildman–Crippen LogP) is 1.18. The van der Waals surface area contributed by atoms with Crippen molar-refractivity contribution in [2.45, 2.75) is 13.1 Å². The van der Waals surface area contributed by atoms with Crippen molar-refractivity contribution in [2.75, 3.05) is 28.2 Å². The van der Waals surface area contributed by atoms with Crippen LogP contribution in [0, 0.1) is 0 Å². The summed E-state index contributed by atoms with van der Waals surface area (Å²) in [5, 5.41) is 0. The topological polar surface area (TPSA) is 36.7 Å². The lowest BCUT2D eigenvalue weighted by atomic mass is 10.2. The van der Waals surface area contributed by atoms with Gasteiger partial charge in [0.25, 0.3) is 0 Å². The van der Waals surface area contributed by atoms with E-state index in [-0.39, 0.29) is 17.8 Å². The van der Waals surface area contributed by atoms with E-state index >= 15 is 0 Å². The molecule has 1 rings (SSSR count). The zero-order valence-corrected chi connectivity index (χ0v) is 11.0. The molecule has 0 spiro atoms. The summed E-state index contributed by atoms with van der Waals surface area (Å²) < 4.78 is 5.17. The Hall–Kier alpha value is -0.840. The highest BCUT2D eigenvalue weighted by Gasteiger charge is 2.08. The van der Waals surface area contributed by atoms with E-state index in [1.54, 1.807) is 0 Å². The fourth-order valence-corrected chi connectivity index (χ4v) is 1.41. The second-order valence-corrected chi connectivity index (χ2v) is 4.23. The Labute approximate surface area is 102 Å². The first kappa shape index (κ1) is 15.2. The minimum Gasteiger partial charge on any atom is -0.472 e. The molecule has 0 aliphatic heterocycles. The van der Waals surface area contributed by atoms with Crippen LogP contribution in [0.3, 0.4) is 0 Å². The molecule has 1 aromatic heterocycles. The Balaban J connectivity index is 0.00000225. The maximum atomic E-state index is 11.9. The van der Waals surface area contributed by atoms with E-state index in [9.17, 15) is 4.79 Å². The minimum atomic E-state index is 0. The number of nitrogens with zero attached hydrogens (tertiary/aromatic N) is 2. The second kappa shape index (κ2) is 6.68. The van der Waals surface area contributed by atoms with E-state index in [1.807, 2.05) is 38.0 Å². The highest BCUT2D eigenvalue weighted by atomic mass is 35.5. The molecule has 1 heterocycles. The quantitative estimate of drug-likeness (QED) is 0.800. The van der Waals surface area contributed by atoms with Crippen molar-refractivity contribution >= 4 is 12.4 Å². The molecule has 1 aromatic rings. The van der Waals surface area contributed by atoms with Gasteiger partial charge in [-0.25, -0.2) is 0 Å². The Morgan fingerprint density at radius 3 is 1.69 bits per heavy atom. The summed E-state index contributed by atoms with van der Waals surface area (Å²) >= 11 is 0. The molecule has 0 aromatic carbocycles. The molecular formula is C11H19ClN2O2. The lowest BCUT2D eigenvalue weighted by molar-refractivity contribution is 0.377. The highest BCUT2D eigenvalue weighted by molar-refractivity contribution is 5.85. The molecule has 4 nitrogen and oxygen atoms in total. The number of halogens is 1. The van der Waals surface area contributed by atoms with Gasteiger partial charge in [0, 0.05) is 24.2 Å². The van der Waals surface area contributed by atoms with E-state index in [2.05, 4.69) is 0 Å². The summed E-state index contributed by atoms with van der Waals surface area (Å²) in [4.78, 5) is 15.8. The van der Waals surface area contributed by atoms with Gasteiger partial charge in [0.1, 0.15) is 0 Å². The molecule has 0 fully saturated rings. The fraction of sp³-hybridized carbons (Fsp3) is 0.545. The monoisotopic (exact) mass is 246 g/mol. The predicted molar refractivity (Wildman–Crippen MR) is 67.0 cm³/mol. The van der Waals surface area contributed by atoms with Crippen LogP contribution in [0.5, 0.6) is 0 Å². The van der Waals surface area contributed by atoms with Gasteiger partial charge in [0.2, 0.25) is 0 Å². The largest absolute Gasteiger partial charge is 0.472 e. The van der Waals surface area contributed by atoms with Crippen molar-refractivity contribution in [1.82, 2.24) is 9.80 Å². The van der Waals surface area contributed by atoms with Crippen LogP contribution >= 0.6 is 12.4 Å². The summed E-state index contributed by atoms with van der Waals surface area (Å²) in [6.45, 7) is 1.23. The lowest BCUT2D eigenvalue weighted by Crippen LogP contribution is -2.23. The lowest BCUT2D eigenvalue weighted by Gasteiger charge is -2.11. The van der Waals surface area contributed by atoms with Crippen LogP contribution in [-0.4, -0.2) is 38.0 Å². The molecular weight excluding hydrogens is 228 g/mol. The van der Waals surface area contributed by atoms with Crippen molar-refractivity contribution < 1.29 is 4.42 Å². The molecule has 0 saturated carbocycles. The molecule has 16 heavy (non-hydrogen) atoms. The Morgan fingerprint density at radius 2 is 1.38 bits per heavy atom. The maximum Gasteiger partial charge on any atom is 0.193 e. The molecule has 0 saturated heterocycles. The molecule has 0 unspecified atom stereocenters. The number of hydrogen-bond acceptors (Lipinski definition) is 4. The summed E-state index contributed by atoms with van der Waals surface area (Å²) in [5.74, 6) is 0. The van der Waals surface area contributed by atoms with Crippen molar-refractivity contribution in [3.8, 4) is 0 Å². The van der Waals surface area contributed by atoms with Gasteiger partial charge in [0.15, 0.2) is 5.43 Å². The third kappa shape index (κ3) is 4.35. The van der Waals surface area contributed by atoms with Crippen LogP contribution in [-0.2, 0) is 13.1 Å². The first-order valence-corrected chi connectivity index (χ1v) is 4.88. The molecule has 0 atom stereocenters. The van der Waals surface area contributed by atoms with Gasteiger partial charge >= 0.3 is 0 Å². The van der Waals surface area contributed by atoms with Crippen LogP contribution < -0.4 is 5.43 Å². The number of rotatable bonds is 4. The summed E-state index contributed by atoms with van der Waals surface area (Å²) in [6, 6.07) is 0. The third-order valence-corrected chi connectivity index (χ3v) is 1.98. The molecule has 0 aliphatic carbocycles. The smallest absolute Gasteiger partial charge is 0.193 e. The Bertz CT molecular complexity index is 343. The van der Waals surface area contributed by atoms with Crippen molar-refractivity contribution in [1.29, 1.82) is 0 Å². The van der Waals surface area contributed by atoms with E-state index in [0.29, 0.717) is 24.2 Å².